The third kappa shape index (κ3) is 5.43. The summed E-state index contributed by atoms with van der Waals surface area (Å²) in [4.78, 5) is 66.4. The Labute approximate surface area is 268 Å². The summed E-state index contributed by atoms with van der Waals surface area (Å²) >= 11 is 0. The molecule has 46 heavy (non-hydrogen) atoms. The van der Waals surface area contributed by atoms with Crippen LogP contribution in [-0.2, 0) is 42.9 Å². The van der Waals surface area contributed by atoms with Gasteiger partial charge in [0.1, 0.15) is 11.5 Å². The Morgan fingerprint density at radius 3 is 2.28 bits per heavy atom. The van der Waals surface area contributed by atoms with Crippen molar-refractivity contribution in [3.8, 4) is 0 Å². The molecule has 1 saturated heterocycles. The van der Waals surface area contributed by atoms with E-state index in [1.54, 1.807) is 27.7 Å². The lowest BCUT2D eigenvalue weighted by Gasteiger charge is -2.70. The van der Waals surface area contributed by atoms with E-state index in [0.717, 1.165) is 13.2 Å². The number of allylic oxidation sites excluding steroid dienone is 3. The molecule has 13 heteroatoms. The summed E-state index contributed by atoms with van der Waals surface area (Å²) in [5.74, 6) is -6.91. The summed E-state index contributed by atoms with van der Waals surface area (Å²) in [6, 6.07) is 0. The van der Waals surface area contributed by atoms with Crippen LogP contribution in [0.4, 0.5) is 0 Å². The smallest absolute Gasteiger partial charge is 0.348 e. The number of hydrogen-bond donors (Lipinski definition) is 4. The van der Waals surface area contributed by atoms with Gasteiger partial charge in [0.05, 0.1) is 25.9 Å². The van der Waals surface area contributed by atoms with E-state index < -0.39 is 107 Å². The molecule has 2 saturated carbocycles. The van der Waals surface area contributed by atoms with E-state index in [1.165, 1.54) is 6.92 Å². The summed E-state index contributed by atoms with van der Waals surface area (Å²) in [5, 5.41) is 37.8. The van der Waals surface area contributed by atoms with Gasteiger partial charge in [-0.1, -0.05) is 12.5 Å². The maximum absolute atomic E-state index is 13.8. The van der Waals surface area contributed by atoms with Gasteiger partial charge in [-0.05, 0) is 71.8 Å². The van der Waals surface area contributed by atoms with Gasteiger partial charge in [0.15, 0.2) is 18.1 Å². The number of esters is 3. The molecule has 3 aliphatic carbocycles. The molecular weight excluding hydrogens is 602 g/mol. The number of fused-ring (bicyclic) bond motifs is 2. The normalized spacial score (nSPS) is 38.5. The number of carbonyl (C=O) groups excluding carboxylic acids is 5. The number of carbonyl (C=O) groups is 5. The van der Waals surface area contributed by atoms with Crippen LogP contribution in [0.2, 0.25) is 0 Å². The molecule has 1 unspecified atom stereocenters. The molecule has 4 aliphatic rings. The third-order valence-corrected chi connectivity index (χ3v) is 10.5. The van der Waals surface area contributed by atoms with E-state index >= 15 is 0 Å². The second kappa shape index (κ2) is 12.1. The fourth-order valence-electron chi connectivity index (χ4n) is 8.98. The Kier molecular flexibility index (Phi) is 9.32. The van der Waals surface area contributed by atoms with Crippen molar-refractivity contribution >= 4 is 29.6 Å². The molecule has 1 aliphatic heterocycles. The molecule has 3 fully saturated rings. The lowest BCUT2D eigenvalue weighted by atomic mass is 9.35. The summed E-state index contributed by atoms with van der Waals surface area (Å²) in [5.41, 5.74) is -4.38. The number of ketones is 1. The third-order valence-electron chi connectivity index (χ3n) is 10.5. The quantitative estimate of drug-likeness (QED) is 0.175. The van der Waals surface area contributed by atoms with Gasteiger partial charge in [-0.3, -0.25) is 14.4 Å². The average Bonchev–Trinajstić information content (AvgIpc) is 2.93. The minimum atomic E-state index is -2.05. The van der Waals surface area contributed by atoms with Crippen molar-refractivity contribution in [2.45, 2.75) is 98.2 Å². The van der Waals surface area contributed by atoms with Crippen molar-refractivity contribution in [1.82, 2.24) is 5.32 Å². The topological polar surface area (TPSA) is 195 Å². The maximum atomic E-state index is 13.8. The van der Waals surface area contributed by atoms with Crippen LogP contribution in [0, 0.1) is 34.0 Å². The molecule has 0 aromatic carbocycles. The van der Waals surface area contributed by atoms with E-state index in [2.05, 4.69) is 5.32 Å². The predicted octanol–water partition coefficient (Wildman–Crippen LogP) is 1.12. The fraction of sp³-hybridized carbons (Fsp3) is 0.727. The zero-order valence-electron chi connectivity index (χ0n) is 28.0. The Bertz CT molecular complexity index is 1370. The van der Waals surface area contributed by atoms with Crippen molar-refractivity contribution in [2.75, 3.05) is 20.3 Å². The van der Waals surface area contributed by atoms with E-state index in [1.807, 2.05) is 20.8 Å². The maximum Gasteiger partial charge on any atom is 0.348 e. The number of amides is 1. The first-order valence-electron chi connectivity index (χ1n) is 15.5. The first-order valence-corrected chi connectivity index (χ1v) is 15.5. The molecule has 0 spiro atoms. The molecule has 1 heterocycles. The van der Waals surface area contributed by atoms with E-state index in [4.69, 9.17) is 18.9 Å². The molecule has 0 aromatic rings. The van der Waals surface area contributed by atoms with Gasteiger partial charge in [0.2, 0.25) is 6.10 Å². The highest BCUT2D eigenvalue weighted by Crippen LogP contribution is 2.71. The Hall–Kier alpha value is -3.29. The number of aliphatic hydroxyl groups excluding tert-OH is 3. The highest BCUT2D eigenvalue weighted by Gasteiger charge is 2.80. The second-order valence-electron chi connectivity index (χ2n) is 14.9. The van der Waals surface area contributed by atoms with Crippen molar-refractivity contribution in [3.05, 3.63) is 23.0 Å². The van der Waals surface area contributed by atoms with E-state index in [9.17, 15) is 39.3 Å². The monoisotopic (exact) mass is 649 g/mol. The molecule has 256 valence electrons. The van der Waals surface area contributed by atoms with Crippen LogP contribution in [-0.4, -0.2) is 95.2 Å². The summed E-state index contributed by atoms with van der Waals surface area (Å²) in [7, 11) is 1.09. The molecule has 4 rings (SSSR count). The largest absolute Gasteiger partial charge is 0.480 e. The lowest BCUT2D eigenvalue weighted by molar-refractivity contribution is -0.326. The number of Topliss-reactive ketones (excluding diaryl/α,β-unsaturated/α-hetero) is 1. The highest BCUT2D eigenvalue weighted by molar-refractivity contribution is 5.96. The number of aliphatic hydroxyl groups is 3. The molecule has 0 aromatic heterocycles. The average molecular weight is 650 g/mol. The van der Waals surface area contributed by atoms with Gasteiger partial charge in [0, 0.05) is 35.3 Å². The Balaban J connectivity index is 1.88. The van der Waals surface area contributed by atoms with Crippen LogP contribution in [0.5, 0.6) is 0 Å². The van der Waals surface area contributed by atoms with Gasteiger partial charge >= 0.3 is 17.9 Å². The van der Waals surface area contributed by atoms with Crippen LogP contribution in [0.15, 0.2) is 23.0 Å². The van der Waals surface area contributed by atoms with Gasteiger partial charge in [-0.15, -0.1) is 0 Å². The lowest BCUT2D eigenvalue weighted by Crippen LogP contribution is -2.80. The predicted molar refractivity (Wildman–Crippen MR) is 160 cm³/mol. The molecule has 4 N–H and O–H groups in total. The van der Waals surface area contributed by atoms with Gasteiger partial charge < -0.3 is 39.6 Å². The Morgan fingerprint density at radius 2 is 1.74 bits per heavy atom. The molecule has 10 atom stereocenters. The van der Waals surface area contributed by atoms with Crippen LogP contribution >= 0.6 is 0 Å². The molecule has 0 radical (unpaired) electrons. The highest BCUT2D eigenvalue weighted by atomic mass is 16.6. The summed E-state index contributed by atoms with van der Waals surface area (Å²) < 4.78 is 22.4. The first-order chi connectivity index (χ1) is 21.2. The fourth-order valence-corrected chi connectivity index (χ4v) is 8.98. The zero-order valence-corrected chi connectivity index (χ0v) is 28.0. The molecule has 1 amide bonds. The molecular formula is C33H47NO12. The summed E-state index contributed by atoms with van der Waals surface area (Å²) in [6.45, 7) is 12.3. The number of nitrogens with one attached hydrogen (secondary N) is 1. The van der Waals surface area contributed by atoms with Crippen LogP contribution in [0.3, 0.4) is 0 Å². The first kappa shape index (κ1) is 35.6. The summed E-state index contributed by atoms with van der Waals surface area (Å²) in [6.07, 6.45) is -5.50. The van der Waals surface area contributed by atoms with E-state index in [-0.39, 0.29) is 18.6 Å². The van der Waals surface area contributed by atoms with Gasteiger partial charge in [0.25, 0.3) is 5.91 Å². The SMILES string of the molecule is COC(=O)[C@@]1(C)[C@@H](O)[C@H](O)C2[C@@]3(CO)[C@@H](C[C@H]4C(C)=C(OCC(=O)NC(C)(C)C)C(=O)C[C@]24C)OC(=O)[C@H](OC(=O)C=C(C)C)[C@@H]13. The van der Waals surface area contributed by atoms with Gasteiger partial charge in [-0.25, -0.2) is 9.59 Å². The van der Waals surface area contributed by atoms with Crippen molar-refractivity contribution in [2.24, 2.45) is 34.0 Å². The van der Waals surface area contributed by atoms with Crippen LogP contribution in [0.1, 0.15) is 68.2 Å². The van der Waals surface area contributed by atoms with Crippen LogP contribution in [0.25, 0.3) is 0 Å². The number of hydrogen-bond acceptors (Lipinski definition) is 12. The number of ether oxygens (including phenoxy) is 4. The minimum Gasteiger partial charge on any atom is -0.480 e. The van der Waals surface area contributed by atoms with Crippen molar-refractivity contribution in [3.63, 3.8) is 0 Å². The number of methoxy groups -OCH3 is 1. The second-order valence-corrected chi connectivity index (χ2v) is 14.9. The molecule has 0 bridgehead atoms. The van der Waals surface area contributed by atoms with Gasteiger partial charge in [-0.2, -0.15) is 0 Å². The number of rotatable bonds is 7. The van der Waals surface area contributed by atoms with Crippen molar-refractivity contribution in [1.29, 1.82) is 0 Å². The minimum absolute atomic E-state index is 0.0134. The zero-order chi connectivity index (χ0) is 34.7. The molecule has 13 nitrogen and oxygen atoms in total. The Morgan fingerprint density at radius 1 is 1.11 bits per heavy atom. The van der Waals surface area contributed by atoms with Crippen molar-refractivity contribution < 1.29 is 58.2 Å². The van der Waals surface area contributed by atoms with Crippen LogP contribution < -0.4 is 5.32 Å². The standard InChI is InChI=1S/C33H47NO12/c1-15(2)10-21(38)46-24-26-32(8,29(42)43-9)27(40)22(39)25-31(7)12-18(36)23(44-13-20(37)34-30(4,5)6)16(3)17(31)11-19(45-28(24)41)33(25,26)14-35/h10,17,19,22,24-27,35,39-40H,11-14H2,1-9H3,(H,34,37)/t17-,19+,22+,24+,25?,26-,27-,31-,32+,33+/m0/s1. The van der Waals surface area contributed by atoms with E-state index in [0.29, 0.717) is 11.1 Å².